The minimum Gasteiger partial charge on any atom is -0.481 e. The van der Waals surface area contributed by atoms with E-state index in [1.54, 1.807) is 0 Å². The lowest BCUT2D eigenvalue weighted by Gasteiger charge is -2.28. The number of aliphatic carboxylic acids is 1. The minimum absolute atomic E-state index is 0.147. The molecular weight excluding hydrogens is 328 g/mol. The van der Waals surface area contributed by atoms with E-state index in [2.05, 4.69) is 34.9 Å². The van der Waals surface area contributed by atoms with Crippen molar-refractivity contribution in [2.24, 2.45) is 11.3 Å². The van der Waals surface area contributed by atoms with Gasteiger partial charge in [0.2, 0.25) is 5.91 Å². The molecule has 3 fully saturated rings. The quantitative estimate of drug-likeness (QED) is 0.702. The number of rotatable bonds is 7. The van der Waals surface area contributed by atoms with E-state index in [1.807, 2.05) is 6.07 Å². The van der Waals surface area contributed by atoms with E-state index in [0.717, 1.165) is 38.6 Å². The highest BCUT2D eigenvalue weighted by molar-refractivity contribution is 5.85. The van der Waals surface area contributed by atoms with Crippen LogP contribution in [0.5, 0.6) is 0 Å². The van der Waals surface area contributed by atoms with Gasteiger partial charge in [-0.1, -0.05) is 30.3 Å². The van der Waals surface area contributed by atoms with Crippen molar-refractivity contribution in [3.63, 3.8) is 0 Å². The van der Waals surface area contributed by atoms with E-state index in [1.165, 1.54) is 5.56 Å². The molecule has 3 N–H and O–H groups in total. The normalized spacial score (nSPS) is 31.8. The van der Waals surface area contributed by atoms with Crippen LogP contribution in [0, 0.1) is 11.3 Å². The summed E-state index contributed by atoms with van der Waals surface area (Å²) < 4.78 is 0. The average Bonchev–Trinajstić information content (AvgIpc) is 3.56. The van der Waals surface area contributed by atoms with Gasteiger partial charge in [-0.05, 0) is 50.5 Å². The van der Waals surface area contributed by atoms with Crippen LogP contribution in [-0.2, 0) is 9.59 Å². The molecule has 3 aliphatic rings. The van der Waals surface area contributed by atoms with Crippen molar-refractivity contribution in [1.82, 2.24) is 10.6 Å². The molecule has 2 atom stereocenters. The van der Waals surface area contributed by atoms with Gasteiger partial charge in [-0.15, -0.1) is 0 Å². The summed E-state index contributed by atoms with van der Waals surface area (Å²) in [5.74, 6) is -0.179. The first kappa shape index (κ1) is 17.5. The summed E-state index contributed by atoms with van der Waals surface area (Å²) in [7, 11) is 0. The van der Waals surface area contributed by atoms with Gasteiger partial charge in [0.05, 0.1) is 11.3 Å². The van der Waals surface area contributed by atoms with Gasteiger partial charge in [0.1, 0.15) is 0 Å². The Balaban J connectivity index is 1.22. The fraction of sp³-hybridized carbons (Fsp3) is 0.619. The third-order valence-electron chi connectivity index (χ3n) is 6.47. The maximum atomic E-state index is 12.7. The SMILES string of the molecule is O=C(O)C1CCC(NC(=O)C2(CNC3CC3c3ccccc3)CC2)CC1. The van der Waals surface area contributed by atoms with Gasteiger partial charge in [0, 0.05) is 24.5 Å². The first-order valence-corrected chi connectivity index (χ1v) is 9.89. The Bertz CT molecular complexity index is 663. The van der Waals surface area contributed by atoms with Gasteiger partial charge in [0.15, 0.2) is 0 Å². The van der Waals surface area contributed by atoms with Gasteiger partial charge in [-0.3, -0.25) is 9.59 Å². The van der Waals surface area contributed by atoms with E-state index in [-0.39, 0.29) is 23.3 Å². The van der Waals surface area contributed by atoms with E-state index < -0.39 is 5.97 Å². The van der Waals surface area contributed by atoms with Crippen LogP contribution >= 0.6 is 0 Å². The molecule has 5 heteroatoms. The first-order chi connectivity index (χ1) is 12.6. The molecule has 0 saturated heterocycles. The largest absolute Gasteiger partial charge is 0.481 e. The third kappa shape index (κ3) is 3.78. The van der Waals surface area contributed by atoms with Gasteiger partial charge in [0.25, 0.3) is 0 Å². The fourth-order valence-electron chi connectivity index (χ4n) is 4.27. The van der Waals surface area contributed by atoms with Crippen LogP contribution in [0.4, 0.5) is 0 Å². The van der Waals surface area contributed by atoms with Crippen molar-refractivity contribution in [2.45, 2.75) is 62.9 Å². The molecule has 0 bridgehead atoms. The van der Waals surface area contributed by atoms with E-state index in [4.69, 9.17) is 5.11 Å². The van der Waals surface area contributed by atoms with Crippen molar-refractivity contribution >= 4 is 11.9 Å². The van der Waals surface area contributed by atoms with Crippen molar-refractivity contribution in [3.05, 3.63) is 35.9 Å². The minimum atomic E-state index is -0.699. The van der Waals surface area contributed by atoms with Crippen molar-refractivity contribution in [1.29, 1.82) is 0 Å². The summed E-state index contributed by atoms with van der Waals surface area (Å²) in [6.07, 6.45) is 5.98. The van der Waals surface area contributed by atoms with Crippen LogP contribution in [0.2, 0.25) is 0 Å². The zero-order valence-electron chi connectivity index (χ0n) is 15.1. The number of carboxylic acid groups (broad SMARTS) is 1. The fourth-order valence-corrected chi connectivity index (χ4v) is 4.27. The molecule has 1 aromatic rings. The molecule has 26 heavy (non-hydrogen) atoms. The molecule has 4 rings (SSSR count). The van der Waals surface area contributed by atoms with E-state index in [9.17, 15) is 9.59 Å². The number of carboxylic acids is 1. The molecule has 3 aliphatic carbocycles. The zero-order valence-corrected chi connectivity index (χ0v) is 15.1. The molecule has 0 spiro atoms. The van der Waals surface area contributed by atoms with Gasteiger partial charge < -0.3 is 15.7 Å². The Kier molecular flexibility index (Phi) is 4.74. The van der Waals surface area contributed by atoms with Crippen LogP contribution in [-0.4, -0.2) is 35.6 Å². The van der Waals surface area contributed by atoms with Crippen LogP contribution in [0.25, 0.3) is 0 Å². The average molecular weight is 356 g/mol. The molecule has 2 unspecified atom stereocenters. The van der Waals surface area contributed by atoms with Crippen LogP contribution in [0.3, 0.4) is 0 Å². The molecule has 0 heterocycles. The second kappa shape index (κ2) is 7.03. The van der Waals surface area contributed by atoms with Crippen LogP contribution < -0.4 is 10.6 Å². The van der Waals surface area contributed by atoms with E-state index in [0.29, 0.717) is 24.8 Å². The van der Waals surface area contributed by atoms with Crippen molar-refractivity contribution in [2.75, 3.05) is 6.54 Å². The Labute approximate surface area is 154 Å². The molecule has 0 aromatic heterocycles. The van der Waals surface area contributed by atoms with E-state index >= 15 is 0 Å². The zero-order chi connectivity index (χ0) is 18.1. The first-order valence-electron chi connectivity index (χ1n) is 9.89. The van der Waals surface area contributed by atoms with Crippen LogP contribution in [0.1, 0.15) is 56.4 Å². The van der Waals surface area contributed by atoms with Crippen LogP contribution in [0.15, 0.2) is 30.3 Å². The molecule has 5 nitrogen and oxygen atoms in total. The number of carbonyl (C=O) groups excluding carboxylic acids is 1. The standard InChI is InChI=1S/C21H28N2O3/c24-19(25)15-6-8-16(9-7-15)23-20(26)21(10-11-21)13-22-18-12-17(18)14-4-2-1-3-5-14/h1-5,15-18,22H,6-13H2,(H,23,26)(H,24,25). The summed E-state index contributed by atoms with van der Waals surface area (Å²) in [6, 6.07) is 11.2. The Morgan fingerprint density at radius 1 is 1.08 bits per heavy atom. The number of hydrogen-bond donors (Lipinski definition) is 3. The van der Waals surface area contributed by atoms with Gasteiger partial charge >= 0.3 is 5.97 Å². The number of amides is 1. The lowest BCUT2D eigenvalue weighted by Crippen LogP contribution is -2.45. The van der Waals surface area contributed by atoms with Gasteiger partial charge in [-0.25, -0.2) is 0 Å². The van der Waals surface area contributed by atoms with Gasteiger partial charge in [-0.2, -0.15) is 0 Å². The third-order valence-corrected chi connectivity index (χ3v) is 6.47. The highest BCUT2D eigenvalue weighted by Gasteiger charge is 2.51. The summed E-state index contributed by atoms with van der Waals surface area (Å²) in [6.45, 7) is 0.761. The maximum Gasteiger partial charge on any atom is 0.306 e. The molecule has 1 aromatic carbocycles. The lowest BCUT2D eigenvalue weighted by atomic mass is 9.86. The lowest BCUT2D eigenvalue weighted by molar-refractivity contribution is -0.142. The number of carbonyl (C=O) groups is 2. The molecule has 0 radical (unpaired) electrons. The second-order valence-corrected chi connectivity index (χ2v) is 8.38. The molecule has 140 valence electrons. The second-order valence-electron chi connectivity index (χ2n) is 8.38. The number of benzene rings is 1. The highest BCUT2D eigenvalue weighted by Crippen LogP contribution is 2.47. The van der Waals surface area contributed by atoms with Crippen molar-refractivity contribution in [3.8, 4) is 0 Å². The molecule has 0 aliphatic heterocycles. The molecule has 3 saturated carbocycles. The Morgan fingerprint density at radius 2 is 1.77 bits per heavy atom. The number of nitrogens with one attached hydrogen (secondary N) is 2. The Morgan fingerprint density at radius 3 is 2.38 bits per heavy atom. The predicted molar refractivity (Wildman–Crippen MR) is 98.8 cm³/mol. The monoisotopic (exact) mass is 356 g/mol. The van der Waals surface area contributed by atoms with Crippen molar-refractivity contribution < 1.29 is 14.7 Å². The summed E-state index contributed by atoms with van der Waals surface area (Å²) in [5.41, 5.74) is 1.16. The predicted octanol–water partition coefficient (Wildman–Crippen LogP) is 2.67. The topological polar surface area (TPSA) is 78.4 Å². The summed E-state index contributed by atoms with van der Waals surface area (Å²) in [5, 5.41) is 15.9. The highest BCUT2D eigenvalue weighted by atomic mass is 16.4. The molecular formula is C21H28N2O3. The summed E-state index contributed by atoms with van der Waals surface area (Å²) >= 11 is 0. The molecule has 1 amide bonds. The summed E-state index contributed by atoms with van der Waals surface area (Å²) in [4.78, 5) is 23.8. The number of hydrogen-bond acceptors (Lipinski definition) is 3. The maximum absolute atomic E-state index is 12.7. The smallest absolute Gasteiger partial charge is 0.306 e. The Hall–Kier alpha value is -1.88.